The second kappa shape index (κ2) is 5.69. The van der Waals surface area contributed by atoms with E-state index in [0.717, 1.165) is 73.2 Å². The molecule has 5 rings (SSSR count). The molecule has 3 nitrogen and oxygen atoms in total. The normalized spacial score (nSPS) is 25.4. The van der Waals surface area contributed by atoms with Crippen LogP contribution in [0.2, 0.25) is 0 Å². The van der Waals surface area contributed by atoms with E-state index in [1.165, 1.54) is 11.1 Å². The zero-order valence-corrected chi connectivity index (χ0v) is 14.4. The summed E-state index contributed by atoms with van der Waals surface area (Å²) in [5.74, 6) is 2.77. The molecule has 0 aromatic rings. The lowest BCUT2D eigenvalue weighted by Gasteiger charge is -2.13. The number of fused-ring (bicyclic) bond motifs is 6. The molecule has 4 aliphatic carbocycles. The summed E-state index contributed by atoms with van der Waals surface area (Å²) in [6.07, 6.45) is 9.89. The first-order chi connectivity index (χ1) is 12.2. The van der Waals surface area contributed by atoms with Crippen LogP contribution < -0.4 is 0 Å². The first-order valence-electron chi connectivity index (χ1n) is 9.55. The monoisotopic (exact) mass is 334 g/mol. The minimum Gasteiger partial charge on any atom is -0.461 e. The molecular formula is C22H22O3. The molecule has 1 saturated carbocycles. The Bertz CT molecular complexity index is 883. The Hall–Kier alpha value is -2.16. The van der Waals surface area contributed by atoms with Crippen molar-refractivity contribution < 1.29 is 14.0 Å². The van der Waals surface area contributed by atoms with Gasteiger partial charge >= 0.3 is 0 Å². The van der Waals surface area contributed by atoms with Crippen molar-refractivity contribution in [2.24, 2.45) is 0 Å². The molecule has 3 heteroatoms. The predicted molar refractivity (Wildman–Crippen MR) is 95.2 cm³/mol. The summed E-state index contributed by atoms with van der Waals surface area (Å²) in [4.78, 5) is 24.6. The summed E-state index contributed by atoms with van der Waals surface area (Å²) < 4.78 is 6.32. The fourth-order valence-corrected chi connectivity index (χ4v) is 4.51. The van der Waals surface area contributed by atoms with Crippen LogP contribution in [0.15, 0.2) is 28.2 Å². The van der Waals surface area contributed by atoms with Crippen LogP contribution in [0.4, 0.5) is 0 Å². The zero-order chi connectivity index (χ0) is 17.0. The number of hydrogen-bond acceptors (Lipinski definition) is 3. The zero-order valence-electron chi connectivity index (χ0n) is 14.4. The van der Waals surface area contributed by atoms with Crippen molar-refractivity contribution in [1.82, 2.24) is 0 Å². The number of carbonyl (C=O) groups excluding carboxylic acids is 2. The summed E-state index contributed by atoms with van der Waals surface area (Å²) >= 11 is 0. The Morgan fingerprint density at radius 3 is 2.64 bits per heavy atom. The van der Waals surface area contributed by atoms with Crippen LogP contribution in [0.25, 0.3) is 11.3 Å². The number of allylic oxidation sites excluding steroid dienone is 2. The fraction of sp³-hybridized carbons (Fsp3) is 0.455. The molecule has 0 aromatic carbocycles. The third kappa shape index (κ3) is 2.57. The van der Waals surface area contributed by atoms with Crippen molar-refractivity contribution in [2.45, 2.75) is 63.7 Å². The average molecular weight is 334 g/mol. The molecule has 0 bridgehead atoms. The minimum atomic E-state index is 0.260. The van der Waals surface area contributed by atoms with Gasteiger partial charge in [-0.15, -0.1) is 0 Å². The topological polar surface area (TPSA) is 47.3 Å². The van der Waals surface area contributed by atoms with Gasteiger partial charge in [0.25, 0.3) is 0 Å². The first kappa shape index (κ1) is 15.1. The number of Topliss-reactive ketones (excluding diaryl/α,β-unsaturated/α-hetero) is 1. The lowest BCUT2D eigenvalue weighted by molar-refractivity contribution is -0.114. The van der Waals surface area contributed by atoms with Crippen molar-refractivity contribution in [1.29, 1.82) is 0 Å². The fourth-order valence-electron chi connectivity index (χ4n) is 4.51. The van der Waals surface area contributed by atoms with Gasteiger partial charge in [0.05, 0.1) is 0 Å². The number of carbonyl (C=O) groups is 2. The highest BCUT2D eigenvalue weighted by Gasteiger charge is 2.37. The third-order valence-corrected chi connectivity index (χ3v) is 5.92. The molecule has 1 heterocycles. The van der Waals surface area contributed by atoms with Crippen LogP contribution in [-0.4, -0.2) is 11.6 Å². The maximum atomic E-state index is 12.6. The van der Waals surface area contributed by atoms with Crippen molar-refractivity contribution >= 4 is 11.6 Å². The standard InChI is InChI=1S/C22H22O3/c23-15-6-2-4-8-20-17(16-10-14(16)9-15)12-18-21(25-20)11-13-5-1-3-7-19(24)22(13)18/h9,11-12,16H,1-8,10H2/b14-9-. The molecule has 1 fully saturated rings. The molecule has 1 aliphatic heterocycles. The summed E-state index contributed by atoms with van der Waals surface area (Å²) in [5.41, 5.74) is 5.50. The predicted octanol–water partition coefficient (Wildman–Crippen LogP) is 5.00. The van der Waals surface area contributed by atoms with Gasteiger partial charge in [-0.3, -0.25) is 9.59 Å². The maximum Gasteiger partial charge on any atom is 0.163 e. The van der Waals surface area contributed by atoms with Crippen molar-refractivity contribution in [3.63, 3.8) is 0 Å². The van der Waals surface area contributed by atoms with E-state index >= 15 is 0 Å². The van der Waals surface area contributed by atoms with Crippen molar-refractivity contribution in [2.75, 3.05) is 0 Å². The maximum absolute atomic E-state index is 12.6. The number of rotatable bonds is 0. The van der Waals surface area contributed by atoms with E-state index in [9.17, 15) is 9.59 Å². The molecule has 128 valence electrons. The van der Waals surface area contributed by atoms with Crippen LogP contribution in [0.3, 0.4) is 0 Å². The lowest BCUT2D eigenvalue weighted by atomic mass is 9.97. The van der Waals surface area contributed by atoms with Crippen molar-refractivity contribution in [3.05, 3.63) is 46.2 Å². The summed E-state index contributed by atoms with van der Waals surface area (Å²) in [6, 6.07) is 4.30. The average Bonchev–Trinajstić information content (AvgIpc) is 3.29. The molecular weight excluding hydrogens is 312 g/mol. The Labute approximate surface area is 147 Å². The van der Waals surface area contributed by atoms with E-state index in [4.69, 9.17) is 4.42 Å². The van der Waals surface area contributed by atoms with Gasteiger partial charge in [0.1, 0.15) is 11.5 Å². The second-order valence-electron chi connectivity index (χ2n) is 7.73. The van der Waals surface area contributed by atoms with Gasteiger partial charge in [-0.05, 0) is 67.9 Å². The van der Waals surface area contributed by atoms with E-state index in [2.05, 4.69) is 12.1 Å². The summed E-state index contributed by atoms with van der Waals surface area (Å²) in [6.45, 7) is 0. The SMILES string of the molecule is O=C1/C=C2/CC2c2cc3c4c(cc-3oc2CCCC1)CCCCC4=O. The van der Waals surface area contributed by atoms with Crippen LogP contribution >= 0.6 is 0 Å². The highest BCUT2D eigenvalue weighted by atomic mass is 16.3. The molecule has 5 aliphatic rings. The minimum absolute atomic E-state index is 0.260. The molecule has 0 radical (unpaired) electrons. The first-order valence-corrected chi connectivity index (χ1v) is 9.55. The van der Waals surface area contributed by atoms with Gasteiger partial charge in [0.15, 0.2) is 11.6 Å². The van der Waals surface area contributed by atoms with Crippen LogP contribution in [0.1, 0.15) is 78.1 Å². The molecule has 0 saturated heterocycles. The molecule has 1 atom stereocenters. The molecule has 0 aromatic heterocycles. The van der Waals surface area contributed by atoms with E-state index in [1.54, 1.807) is 0 Å². The Morgan fingerprint density at radius 1 is 0.920 bits per heavy atom. The van der Waals surface area contributed by atoms with Gasteiger partial charge in [-0.1, -0.05) is 5.57 Å². The summed E-state index contributed by atoms with van der Waals surface area (Å²) in [5, 5.41) is 0. The number of aryl methyl sites for hydroxylation is 2. The Balaban J connectivity index is 1.67. The van der Waals surface area contributed by atoms with Crippen LogP contribution in [-0.2, 0) is 17.6 Å². The molecule has 25 heavy (non-hydrogen) atoms. The van der Waals surface area contributed by atoms with E-state index in [0.29, 0.717) is 18.8 Å². The highest BCUT2D eigenvalue weighted by molar-refractivity contribution is 6.05. The third-order valence-electron chi connectivity index (χ3n) is 5.92. The summed E-state index contributed by atoms with van der Waals surface area (Å²) in [7, 11) is 0. The van der Waals surface area contributed by atoms with Gasteiger partial charge in [-0.2, -0.15) is 0 Å². The van der Waals surface area contributed by atoms with E-state index < -0.39 is 0 Å². The lowest BCUT2D eigenvalue weighted by Crippen LogP contribution is -2.02. The van der Waals surface area contributed by atoms with E-state index in [-0.39, 0.29) is 11.6 Å². The quantitative estimate of drug-likeness (QED) is 0.637. The van der Waals surface area contributed by atoms with Gasteiger partial charge in [0, 0.05) is 36.3 Å². The Kier molecular flexibility index (Phi) is 3.44. The molecule has 0 amide bonds. The van der Waals surface area contributed by atoms with Crippen molar-refractivity contribution in [3.8, 4) is 11.3 Å². The van der Waals surface area contributed by atoms with E-state index in [1.807, 2.05) is 6.08 Å². The highest BCUT2D eigenvalue weighted by Crippen LogP contribution is 2.51. The largest absolute Gasteiger partial charge is 0.461 e. The van der Waals surface area contributed by atoms with Gasteiger partial charge in [-0.25, -0.2) is 0 Å². The molecule has 1 unspecified atom stereocenters. The Morgan fingerprint density at radius 2 is 1.72 bits per heavy atom. The molecule has 0 N–H and O–H groups in total. The number of ketones is 2. The van der Waals surface area contributed by atoms with Crippen LogP contribution in [0, 0.1) is 0 Å². The molecule has 0 spiro atoms. The smallest absolute Gasteiger partial charge is 0.163 e. The van der Waals surface area contributed by atoms with Crippen LogP contribution in [0.5, 0.6) is 0 Å². The van der Waals surface area contributed by atoms with Gasteiger partial charge in [0.2, 0.25) is 0 Å². The van der Waals surface area contributed by atoms with Gasteiger partial charge < -0.3 is 4.42 Å². The second-order valence-corrected chi connectivity index (χ2v) is 7.73. The number of hydrogen-bond donors (Lipinski definition) is 0.